The molecule has 0 spiro atoms. The van der Waals surface area contributed by atoms with Crippen LogP contribution in [0.4, 0.5) is 5.82 Å². The van der Waals surface area contributed by atoms with Crippen LogP contribution >= 0.6 is 11.6 Å². The quantitative estimate of drug-likeness (QED) is 0.460. The number of ether oxygens (including phenoxy) is 2. The van der Waals surface area contributed by atoms with Gasteiger partial charge in [0.2, 0.25) is 5.91 Å². The van der Waals surface area contributed by atoms with Gasteiger partial charge in [-0.2, -0.15) is 14.9 Å². The summed E-state index contributed by atoms with van der Waals surface area (Å²) in [6, 6.07) is 12.9. The minimum Gasteiger partial charge on any atom is -0.493 e. The van der Waals surface area contributed by atoms with Gasteiger partial charge in [0.1, 0.15) is 5.82 Å². The van der Waals surface area contributed by atoms with Crippen molar-refractivity contribution >= 4 is 23.3 Å². The zero-order valence-electron chi connectivity index (χ0n) is 18.7. The molecule has 1 atom stereocenters. The van der Waals surface area contributed by atoms with E-state index in [1.165, 1.54) is 4.68 Å². The first-order valence-electron chi connectivity index (χ1n) is 10.6. The normalized spacial score (nSPS) is 14.9. The molecular weight excluding hydrogens is 456 g/mol. The third-order valence-corrected chi connectivity index (χ3v) is 6.04. The van der Waals surface area contributed by atoms with E-state index in [0.29, 0.717) is 28.0 Å². The SMILES string of the molecule is COc1ccc([C@H]2CC(=O)Nc3c2c(C)nn3-c2nncc(-c3ccc(Cl)cc3)n2)cc1OC. The Labute approximate surface area is 200 Å². The Hall–Kier alpha value is -3.98. The largest absolute Gasteiger partial charge is 0.493 e. The molecule has 172 valence electrons. The van der Waals surface area contributed by atoms with E-state index >= 15 is 0 Å². The van der Waals surface area contributed by atoms with Crippen molar-refractivity contribution in [3.05, 3.63) is 70.5 Å². The van der Waals surface area contributed by atoms with Gasteiger partial charge in [0, 0.05) is 28.5 Å². The Morgan fingerprint density at radius 3 is 2.59 bits per heavy atom. The van der Waals surface area contributed by atoms with Gasteiger partial charge in [-0.3, -0.25) is 4.79 Å². The number of fused-ring (bicyclic) bond motifs is 1. The fraction of sp³-hybridized carbons (Fsp3) is 0.208. The van der Waals surface area contributed by atoms with Crippen molar-refractivity contribution in [2.24, 2.45) is 0 Å². The molecule has 4 aromatic rings. The smallest absolute Gasteiger partial charge is 0.272 e. The van der Waals surface area contributed by atoms with Crippen LogP contribution in [-0.2, 0) is 4.79 Å². The molecule has 9 nitrogen and oxygen atoms in total. The highest BCUT2D eigenvalue weighted by atomic mass is 35.5. The maximum atomic E-state index is 12.7. The van der Waals surface area contributed by atoms with Crippen molar-refractivity contribution in [1.29, 1.82) is 0 Å². The number of methoxy groups -OCH3 is 2. The van der Waals surface area contributed by atoms with Crippen LogP contribution in [0.2, 0.25) is 5.02 Å². The lowest BCUT2D eigenvalue weighted by atomic mass is 9.85. The monoisotopic (exact) mass is 476 g/mol. The Balaban J connectivity index is 1.59. The highest BCUT2D eigenvalue weighted by molar-refractivity contribution is 6.30. The minimum atomic E-state index is -0.218. The zero-order valence-corrected chi connectivity index (χ0v) is 19.5. The van der Waals surface area contributed by atoms with Crippen molar-refractivity contribution < 1.29 is 14.3 Å². The van der Waals surface area contributed by atoms with Gasteiger partial charge in [-0.15, -0.1) is 5.10 Å². The molecule has 0 radical (unpaired) electrons. The summed E-state index contributed by atoms with van der Waals surface area (Å²) in [5, 5.41) is 16.5. The minimum absolute atomic E-state index is 0.129. The van der Waals surface area contributed by atoms with Gasteiger partial charge in [0.15, 0.2) is 11.5 Å². The summed E-state index contributed by atoms with van der Waals surface area (Å²) in [7, 11) is 3.17. The first-order chi connectivity index (χ1) is 16.5. The van der Waals surface area contributed by atoms with Gasteiger partial charge in [-0.05, 0) is 36.8 Å². The van der Waals surface area contributed by atoms with Crippen molar-refractivity contribution in [3.8, 4) is 28.7 Å². The number of aryl methyl sites for hydroxylation is 1. The first-order valence-corrected chi connectivity index (χ1v) is 10.9. The summed E-state index contributed by atoms with van der Waals surface area (Å²) in [5.74, 6) is 1.66. The zero-order chi connectivity index (χ0) is 23.8. The number of benzene rings is 2. The maximum absolute atomic E-state index is 12.7. The number of aromatic nitrogens is 5. The van der Waals surface area contributed by atoms with E-state index in [2.05, 4.69) is 25.6 Å². The molecular formula is C24H21ClN6O3. The molecule has 1 aliphatic rings. The van der Waals surface area contributed by atoms with Crippen LogP contribution in [0, 0.1) is 6.92 Å². The third-order valence-electron chi connectivity index (χ3n) is 5.79. The van der Waals surface area contributed by atoms with Crippen molar-refractivity contribution in [2.75, 3.05) is 19.5 Å². The van der Waals surface area contributed by atoms with Gasteiger partial charge >= 0.3 is 0 Å². The summed E-state index contributed by atoms with van der Waals surface area (Å²) >= 11 is 6.00. The van der Waals surface area contributed by atoms with Crippen molar-refractivity contribution in [1.82, 2.24) is 25.0 Å². The fourth-order valence-corrected chi connectivity index (χ4v) is 4.32. The Morgan fingerprint density at radius 2 is 1.85 bits per heavy atom. The van der Waals surface area contributed by atoms with Gasteiger partial charge in [0.05, 0.1) is 31.8 Å². The van der Waals surface area contributed by atoms with Crippen LogP contribution in [0.3, 0.4) is 0 Å². The van der Waals surface area contributed by atoms with Gasteiger partial charge in [0.25, 0.3) is 5.95 Å². The molecule has 0 unspecified atom stereocenters. The molecule has 0 bridgehead atoms. The second-order valence-electron chi connectivity index (χ2n) is 7.83. The number of rotatable bonds is 5. The molecule has 1 aliphatic heterocycles. The van der Waals surface area contributed by atoms with E-state index in [1.807, 2.05) is 37.3 Å². The Morgan fingerprint density at radius 1 is 1.09 bits per heavy atom. The highest BCUT2D eigenvalue weighted by Gasteiger charge is 2.33. The predicted molar refractivity (Wildman–Crippen MR) is 127 cm³/mol. The molecule has 0 saturated heterocycles. The number of nitrogens with one attached hydrogen (secondary N) is 1. The van der Waals surface area contributed by atoms with Crippen LogP contribution in [0.1, 0.15) is 29.2 Å². The average molecular weight is 477 g/mol. The number of anilines is 1. The number of halogens is 1. The summed E-state index contributed by atoms with van der Waals surface area (Å²) in [4.78, 5) is 17.4. The van der Waals surface area contributed by atoms with E-state index in [0.717, 1.165) is 22.4 Å². The molecule has 3 heterocycles. The van der Waals surface area contributed by atoms with Crippen LogP contribution in [0.15, 0.2) is 48.7 Å². The van der Waals surface area contributed by atoms with Gasteiger partial charge in [-0.1, -0.05) is 29.8 Å². The standard InChI is InChI=1S/C24H21ClN6O3/c1-13-22-17(15-6-9-19(33-2)20(10-15)34-3)11-21(32)28-23(22)31(30-13)24-27-18(12-26-29-24)14-4-7-16(25)8-5-14/h4-10,12,17H,11H2,1-3H3,(H,28,32)/t17-/m1/s1. The molecule has 5 rings (SSSR count). The second-order valence-corrected chi connectivity index (χ2v) is 8.26. The summed E-state index contributed by atoms with van der Waals surface area (Å²) in [5.41, 5.74) is 4.03. The molecule has 0 fully saturated rings. The molecule has 10 heteroatoms. The van der Waals surface area contributed by atoms with Crippen LogP contribution < -0.4 is 14.8 Å². The van der Waals surface area contributed by atoms with Crippen molar-refractivity contribution in [2.45, 2.75) is 19.3 Å². The van der Waals surface area contributed by atoms with E-state index in [1.54, 1.807) is 32.5 Å². The van der Waals surface area contributed by atoms with E-state index in [-0.39, 0.29) is 24.2 Å². The summed E-state index contributed by atoms with van der Waals surface area (Å²) < 4.78 is 12.4. The number of nitrogens with zero attached hydrogens (tertiary/aromatic N) is 5. The van der Waals surface area contributed by atoms with Crippen LogP contribution in [0.25, 0.3) is 17.2 Å². The fourth-order valence-electron chi connectivity index (χ4n) is 4.19. The molecule has 0 aliphatic carbocycles. The predicted octanol–water partition coefficient (Wildman–Crippen LogP) is 4.18. The molecule has 2 aromatic carbocycles. The van der Waals surface area contributed by atoms with E-state index in [9.17, 15) is 4.79 Å². The van der Waals surface area contributed by atoms with Gasteiger partial charge in [-0.25, -0.2) is 4.98 Å². The number of carbonyl (C=O) groups is 1. The van der Waals surface area contributed by atoms with Crippen molar-refractivity contribution in [3.63, 3.8) is 0 Å². The molecule has 1 amide bonds. The molecule has 0 saturated carbocycles. The lowest BCUT2D eigenvalue weighted by Gasteiger charge is -2.24. The van der Waals surface area contributed by atoms with Crippen LogP contribution in [-0.4, -0.2) is 45.1 Å². The lowest BCUT2D eigenvalue weighted by molar-refractivity contribution is -0.116. The van der Waals surface area contributed by atoms with Crippen LogP contribution in [0.5, 0.6) is 11.5 Å². The Bertz CT molecular complexity index is 1390. The van der Waals surface area contributed by atoms with E-state index < -0.39 is 0 Å². The number of amides is 1. The second kappa shape index (κ2) is 8.75. The first kappa shape index (κ1) is 21.8. The number of hydrogen-bond donors (Lipinski definition) is 1. The maximum Gasteiger partial charge on any atom is 0.272 e. The summed E-state index contributed by atoms with van der Waals surface area (Å²) in [6.45, 7) is 1.90. The molecule has 34 heavy (non-hydrogen) atoms. The summed E-state index contributed by atoms with van der Waals surface area (Å²) in [6.07, 6.45) is 1.85. The third kappa shape index (κ3) is 3.84. The molecule has 2 aromatic heterocycles. The number of carbonyl (C=O) groups excluding carboxylic acids is 1. The Kier molecular flexibility index (Phi) is 5.62. The average Bonchev–Trinajstić information content (AvgIpc) is 3.19. The van der Waals surface area contributed by atoms with E-state index in [4.69, 9.17) is 21.1 Å². The molecule has 1 N–H and O–H groups in total. The highest BCUT2D eigenvalue weighted by Crippen LogP contribution is 2.42. The van der Waals surface area contributed by atoms with Gasteiger partial charge < -0.3 is 14.8 Å². The number of hydrogen-bond acceptors (Lipinski definition) is 7. The topological polar surface area (TPSA) is 104 Å². The lowest BCUT2D eigenvalue weighted by Crippen LogP contribution is -2.25.